The van der Waals surface area contributed by atoms with Crippen LogP contribution in [0.25, 0.3) is 34.1 Å². The van der Waals surface area contributed by atoms with E-state index in [1.54, 1.807) is 23.2 Å². The molecule has 0 saturated carbocycles. The lowest BCUT2D eigenvalue weighted by Gasteiger charge is -2.40. The summed E-state index contributed by atoms with van der Waals surface area (Å²) in [4.78, 5) is 44.3. The van der Waals surface area contributed by atoms with Crippen LogP contribution in [0.4, 0.5) is 10.2 Å². The SMILES string of the molecule is [2H]C([2H])=Cc1cccc(F)c1-c1nc2c(cc1Cl)c(N1CCN(C(=O)C=C)C[C@@H]1C)nc(=O)n2-c1c(CC)ccnc1C(C)C. The number of nitrogens with zero attached hydrogens (tertiary/aromatic N) is 6. The molecule has 0 radical (unpaired) electrons. The molecule has 1 saturated heterocycles. The first-order chi connectivity index (χ1) is 21.5. The van der Waals surface area contributed by atoms with Gasteiger partial charge in [-0.15, -0.1) is 0 Å². The van der Waals surface area contributed by atoms with Crippen LogP contribution in [0.5, 0.6) is 0 Å². The second-order valence-corrected chi connectivity index (χ2v) is 11.2. The number of fused-ring (bicyclic) bond motifs is 1. The molecule has 1 fully saturated rings. The molecular weight excluding hydrogens is 567 g/mol. The highest BCUT2D eigenvalue weighted by atomic mass is 35.5. The molecule has 4 heterocycles. The summed E-state index contributed by atoms with van der Waals surface area (Å²) in [6.45, 7) is 12.2. The van der Waals surface area contributed by atoms with E-state index in [2.05, 4.69) is 16.5 Å². The molecule has 222 valence electrons. The predicted molar refractivity (Wildman–Crippen MR) is 170 cm³/mol. The van der Waals surface area contributed by atoms with E-state index in [1.165, 1.54) is 28.9 Å². The number of halogens is 2. The minimum Gasteiger partial charge on any atom is -0.350 e. The zero-order valence-electron chi connectivity index (χ0n) is 26.6. The van der Waals surface area contributed by atoms with Gasteiger partial charge in [-0.2, -0.15) is 4.98 Å². The normalized spacial score (nSPS) is 15.8. The Morgan fingerprint density at radius 1 is 1.28 bits per heavy atom. The molecule has 0 aliphatic carbocycles. The summed E-state index contributed by atoms with van der Waals surface area (Å²) in [5, 5.41) is 0.570. The number of benzene rings is 1. The molecule has 4 aromatic rings. The summed E-state index contributed by atoms with van der Waals surface area (Å²) in [5.41, 5.74) is 2.04. The zero-order chi connectivity index (χ0) is 32.6. The average molecular weight is 603 g/mol. The van der Waals surface area contributed by atoms with Crippen LogP contribution in [-0.2, 0) is 11.2 Å². The van der Waals surface area contributed by atoms with Gasteiger partial charge in [0.2, 0.25) is 5.91 Å². The second-order valence-electron chi connectivity index (χ2n) is 10.8. The molecule has 0 spiro atoms. The number of aryl methyl sites for hydroxylation is 1. The van der Waals surface area contributed by atoms with Crippen molar-refractivity contribution in [1.82, 2.24) is 24.4 Å². The molecule has 10 heteroatoms. The first kappa shape index (κ1) is 27.5. The Morgan fingerprint density at radius 3 is 2.74 bits per heavy atom. The lowest BCUT2D eigenvalue weighted by Crippen LogP contribution is -2.54. The molecule has 1 amide bonds. The van der Waals surface area contributed by atoms with Crippen molar-refractivity contribution in [2.75, 3.05) is 24.5 Å². The van der Waals surface area contributed by atoms with E-state index in [4.69, 9.17) is 19.3 Å². The smallest absolute Gasteiger partial charge is 0.350 e. The van der Waals surface area contributed by atoms with Gasteiger partial charge in [0.15, 0.2) is 5.65 Å². The van der Waals surface area contributed by atoms with E-state index in [0.717, 1.165) is 5.56 Å². The van der Waals surface area contributed by atoms with E-state index >= 15 is 4.39 Å². The molecule has 8 nitrogen and oxygen atoms in total. The van der Waals surface area contributed by atoms with Gasteiger partial charge in [0.05, 0.1) is 30.2 Å². The van der Waals surface area contributed by atoms with E-state index in [-0.39, 0.29) is 45.4 Å². The molecule has 5 rings (SSSR count). The Labute approximate surface area is 258 Å². The minimum atomic E-state index is -0.642. The van der Waals surface area contributed by atoms with Gasteiger partial charge < -0.3 is 9.80 Å². The van der Waals surface area contributed by atoms with Gasteiger partial charge in [-0.25, -0.2) is 18.7 Å². The largest absolute Gasteiger partial charge is 0.355 e. The Balaban J connectivity index is 1.87. The average Bonchev–Trinajstić information content (AvgIpc) is 3.00. The van der Waals surface area contributed by atoms with Gasteiger partial charge in [-0.05, 0) is 54.7 Å². The van der Waals surface area contributed by atoms with Crippen molar-refractivity contribution in [3.8, 4) is 16.9 Å². The van der Waals surface area contributed by atoms with Crippen LogP contribution in [0.3, 0.4) is 0 Å². The number of aromatic nitrogens is 4. The third kappa shape index (κ3) is 5.33. The first-order valence-corrected chi connectivity index (χ1v) is 14.6. The van der Waals surface area contributed by atoms with Crippen LogP contribution in [0, 0.1) is 5.82 Å². The van der Waals surface area contributed by atoms with Crippen molar-refractivity contribution < 1.29 is 11.9 Å². The highest BCUT2D eigenvalue weighted by molar-refractivity contribution is 6.34. The summed E-state index contributed by atoms with van der Waals surface area (Å²) in [6, 6.07) is 7.59. The number of piperazine rings is 1. The zero-order valence-corrected chi connectivity index (χ0v) is 25.3. The number of rotatable bonds is 7. The third-order valence-electron chi connectivity index (χ3n) is 7.81. The number of hydrogen-bond donors (Lipinski definition) is 0. The van der Waals surface area contributed by atoms with Gasteiger partial charge >= 0.3 is 5.69 Å². The summed E-state index contributed by atoms with van der Waals surface area (Å²) in [7, 11) is 0. The van der Waals surface area contributed by atoms with Crippen LogP contribution in [0.15, 0.2) is 60.5 Å². The quantitative estimate of drug-likeness (QED) is 0.235. The molecule has 3 aromatic heterocycles. The molecule has 0 unspecified atom stereocenters. The van der Waals surface area contributed by atoms with Crippen LogP contribution >= 0.6 is 11.6 Å². The summed E-state index contributed by atoms with van der Waals surface area (Å²) in [6.07, 6.45) is 4.81. The van der Waals surface area contributed by atoms with Gasteiger partial charge in [-0.1, -0.05) is 63.7 Å². The maximum Gasteiger partial charge on any atom is 0.355 e. The maximum atomic E-state index is 15.5. The Morgan fingerprint density at radius 2 is 2.07 bits per heavy atom. The van der Waals surface area contributed by atoms with Crippen LogP contribution in [0.1, 0.15) is 53.2 Å². The number of carbonyl (C=O) groups is 1. The van der Waals surface area contributed by atoms with E-state index in [1.807, 2.05) is 38.7 Å². The fourth-order valence-electron chi connectivity index (χ4n) is 5.69. The highest BCUT2D eigenvalue weighted by Gasteiger charge is 2.31. The lowest BCUT2D eigenvalue weighted by atomic mass is 10.0. The summed E-state index contributed by atoms with van der Waals surface area (Å²) >= 11 is 6.87. The van der Waals surface area contributed by atoms with Crippen molar-refractivity contribution in [3.63, 3.8) is 0 Å². The molecule has 0 bridgehead atoms. The molecule has 1 aliphatic rings. The molecule has 1 aliphatic heterocycles. The van der Waals surface area contributed by atoms with Crippen LogP contribution in [-0.4, -0.2) is 56.0 Å². The Hall–Kier alpha value is -4.37. The van der Waals surface area contributed by atoms with Gasteiger partial charge in [0.1, 0.15) is 11.6 Å². The van der Waals surface area contributed by atoms with Crippen molar-refractivity contribution in [2.45, 2.75) is 46.1 Å². The standard InChI is InChI=1S/C33H34ClFN6O2/c1-7-21-11-10-12-25(35)27(21)29-24(34)17-23-31(40-16-15-39(18-20(40)6)26(42)9-3)38-33(43)41(32(23)37-29)30-22(8-2)13-14-36-28(30)19(4)5/h7,9-14,17,19-20H,1,3,8,15-16,18H2,2,4-6H3/t20-/m0/s1/i1D2. The van der Waals surface area contributed by atoms with Gasteiger partial charge in [-0.3, -0.25) is 9.78 Å². The number of pyridine rings is 2. The van der Waals surface area contributed by atoms with Crippen molar-refractivity contribution >= 4 is 40.4 Å². The Bertz CT molecular complexity index is 1910. The van der Waals surface area contributed by atoms with Crippen LogP contribution < -0.4 is 10.6 Å². The number of hydrogen-bond acceptors (Lipinski definition) is 6. The van der Waals surface area contributed by atoms with Crippen LogP contribution in [0.2, 0.25) is 5.02 Å². The molecule has 43 heavy (non-hydrogen) atoms. The van der Waals surface area contributed by atoms with E-state index in [9.17, 15) is 9.59 Å². The van der Waals surface area contributed by atoms with E-state index < -0.39 is 18.0 Å². The third-order valence-corrected chi connectivity index (χ3v) is 8.10. The van der Waals surface area contributed by atoms with E-state index in [0.29, 0.717) is 48.6 Å². The maximum absolute atomic E-state index is 15.5. The van der Waals surface area contributed by atoms with Crippen molar-refractivity contribution in [1.29, 1.82) is 0 Å². The monoisotopic (exact) mass is 602 g/mol. The fraction of sp³-hybridized carbons (Fsp3) is 0.303. The fourth-order valence-corrected chi connectivity index (χ4v) is 5.94. The van der Waals surface area contributed by atoms with Gasteiger partial charge in [0.25, 0.3) is 0 Å². The second kappa shape index (κ2) is 12.1. The minimum absolute atomic E-state index is 0.00895. The first-order valence-electron chi connectivity index (χ1n) is 15.2. The molecule has 1 aromatic carbocycles. The van der Waals surface area contributed by atoms with Gasteiger partial charge in [0, 0.05) is 37.4 Å². The van der Waals surface area contributed by atoms with Crippen molar-refractivity contribution in [3.05, 3.63) is 93.9 Å². The molecular formula is C33H34ClFN6O2. The molecule has 1 atom stereocenters. The topological polar surface area (TPSA) is 84.2 Å². The lowest BCUT2D eigenvalue weighted by molar-refractivity contribution is -0.126. The Kier molecular flexibility index (Phi) is 7.72. The molecule has 0 N–H and O–H groups in total. The number of carbonyl (C=O) groups excluding carboxylic acids is 1. The number of amides is 1. The number of anilines is 1. The predicted octanol–water partition coefficient (Wildman–Crippen LogP) is 6.19. The summed E-state index contributed by atoms with van der Waals surface area (Å²) in [5.74, 6) is -0.512. The summed E-state index contributed by atoms with van der Waals surface area (Å²) < 4.78 is 32.3. The van der Waals surface area contributed by atoms with Crippen molar-refractivity contribution in [2.24, 2.45) is 0 Å². The highest BCUT2D eigenvalue weighted by Crippen LogP contribution is 2.37.